The monoisotopic (exact) mass is 238 g/mol. The standard InChI is InChI=1S/C15H14N2O/c1-11-5-3-6-12(2)14(11)10-17-8-4-7-13(9-16)15(17)18/h3-8H,10H2,1-2H3. The molecule has 1 heterocycles. The fraction of sp³-hybridized carbons (Fsp3) is 0.200. The molecule has 3 nitrogen and oxygen atoms in total. The Morgan fingerprint density at radius 2 is 1.83 bits per heavy atom. The van der Waals surface area contributed by atoms with Crippen molar-refractivity contribution in [2.24, 2.45) is 0 Å². The quantitative estimate of drug-likeness (QED) is 0.806. The third kappa shape index (κ3) is 2.18. The first-order valence-electron chi connectivity index (χ1n) is 5.78. The van der Waals surface area contributed by atoms with E-state index in [0.717, 1.165) is 16.7 Å². The fourth-order valence-electron chi connectivity index (χ4n) is 2.02. The molecule has 0 aliphatic heterocycles. The van der Waals surface area contributed by atoms with Crippen LogP contribution in [0.4, 0.5) is 0 Å². The maximum Gasteiger partial charge on any atom is 0.268 e. The van der Waals surface area contributed by atoms with Crippen molar-refractivity contribution >= 4 is 0 Å². The van der Waals surface area contributed by atoms with E-state index in [1.54, 1.807) is 22.9 Å². The molecule has 2 aromatic rings. The predicted molar refractivity (Wildman–Crippen MR) is 70.4 cm³/mol. The zero-order valence-corrected chi connectivity index (χ0v) is 10.5. The van der Waals surface area contributed by atoms with Gasteiger partial charge in [0.15, 0.2) is 0 Å². The van der Waals surface area contributed by atoms with E-state index in [-0.39, 0.29) is 11.1 Å². The number of aryl methyl sites for hydroxylation is 2. The van der Waals surface area contributed by atoms with Crippen molar-refractivity contribution in [1.82, 2.24) is 4.57 Å². The lowest BCUT2D eigenvalue weighted by Crippen LogP contribution is -2.22. The van der Waals surface area contributed by atoms with Crippen molar-refractivity contribution in [2.45, 2.75) is 20.4 Å². The first-order chi connectivity index (χ1) is 8.63. The molecular formula is C15H14N2O. The molecular weight excluding hydrogens is 224 g/mol. The van der Waals surface area contributed by atoms with Gasteiger partial charge in [-0.15, -0.1) is 0 Å². The number of benzene rings is 1. The Kier molecular flexibility index (Phi) is 3.29. The van der Waals surface area contributed by atoms with E-state index in [1.165, 1.54) is 0 Å². The van der Waals surface area contributed by atoms with Crippen LogP contribution in [0, 0.1) is 25.2 Å². The van der Waals surface area contributed by atoms with Gasteiger partial charge in [-0.25, -0.2) is 0 Å². The third-order valence-electron chi connectivity index (χ3n) is 3.11. The zero-order chi connectivity index (χ0) is 13.1. The van der Waals surface area contributed by atoms with Crippen LogP contribution in [-0.2, 0) is 6.54 Å². The number of rotatable bonds is 2. The highest BCUT2D eigenvalue weighted by molar-refractivity contribution is 5.34. The van der Waals surface area contributed by atoms with Gasteiger partial charge in [0.25, 0.3) is 5.56 Å². The number of pyridine rings is 1. The average molecular weight is 238 g/mol. The molecule has 0 atom stereocenters. The summed E-state index contributed by atoms with van der Waals surface area (Å²) in [5.41, 5.74) is 3.40. The van der Waals surface area contributed by atoms with Crippen molar-refractivity contribution in [1.29, 1.82) is 5.26 Å². The van der Waals surface area contributed by atoms with Gasteiger partial charge in [-0.2, -0.15) is 5.26 Å². The van der Waals surface area contributed by atoms with Crippen molar-refractivity contribution in [3.05, 3.63) is 69.1 Å². The van der Waals surface area contributed by atoms with Crippen LogP contribution in [-0.4, -0.2) is 4.57 Å². The highest BCUT2D eigenvalue weighted by Gasteiger charge is 2.06. The summed E-state index contributed by atoms with van der Waals surface area (Å²) in [5, 5.41) is 8.85. The first kappa shape index (κ1) is 12.1. The Morgan fingerprint density at radius 1 is 1.17 bits per heavy atom. The summed E-state index contributed by atoms with van der Waals surface area (Å²) in [6.45, 7) is 4.57. The summed E-state index contributed by atoms with van der Waals surface area (Å²) >= 11 is 0. The highest BCUT2D eigenvalue weighted by Crippen LogP contribution is 2.14. The number of nitrogens with zero attached hydrogens (tertiary/aromatic N) is 2. The van der Waals surface area contributed by atoms with Crippen molar-refractivity contribution in [3.63, 3.8) is 0 Å². The van der Waals surface area contributed by atoms with Gasteiger partial charge in [0.2, 0.25) is 0 Å². The average Bonchev–Trinajstić information content (AvgIpc) is 2.36. The van der Waals surface area contributed by atoms with Gasteiger partial charge < -0.3 is 4.57 Å². The SMILES string of the molecule is Cc1cccc(C)c1Cn1cccc(C#N)c1=O. The van der Waals surface area contributed by atoms with Crippen LogP contribution in [0.5, 0.6) is 0 Å². The number of hydrogen-bond acceptors (Lipinski definition) is 2. The van der Waals surface area contributed by atoms with Gasteiger partial charge in [-0.05, 0) is 42.7 Å². The molecule has 18 heavy (non-hydrogen) atoms. The zero-order valence-electron chi connectivity index (χ0n) is 10.5. The van der Waals surface area contributed by atoms with Crippen LogP contribution < -0.4 is 5.56 Å². The van der Waals surface area contributed by atoms with E-state index in [4.69, 9.17) is 5.26 Å². The maximum atomic E-state index is 12.0. The molecule has 0 N–H and O–H groups in total. The molecule has 0 radical (unpaired) electrons. The minimum atomic E-state index is -0.234. The van der Waals surface area contributed by atoms with E-state index < -0.39 is 0 Å². The molecule has 3 heteroatoms. The lowest BCUT2D eigenvalue weighted by atomic mass is 10.0. The molecule has 2 rings (SSSR count). The van der Waals surface area contributed by atoms with Crippen molar-refractivity contribution in [3.8, 4) is 6.07 Å². The van der Waals surface area contributed by atoms with Gasteiger partial charge in [-0.3, -0.25) is 4.79 Å². The molecule has 0 fully saturated rings. The van der Waals surface area contributed by atoms with Crippen LogP contribution in [0.15, 0.2) is 41.3 Å². The van der Waals surface area contributed by atoms with Crippen LogP contribution in [0.25, 0.3) is 0 Å². The fourth-order valence-corrected chi connectivity index (χ4v) is 2.02. The molecule has 0 unspecified atom stereocenters. The molecule has 0 aliphatic rings. The van der Waals surface area contributed by atoms with E-state index in [2.05, 4.69) is 0 Å². The van der Waals surface area contributed by atoms with Crippen molar-refractivity contribution in [2.75, 3.05) is 0 Å². The minimum absolute atomic E-state index is 0.184. The Bertz CT molecular complexity index is 657. The molecule has 0 aliphatic carbocycles. The summed E-state index contributed by atoms with van der Waals surface area (Å²) in [6.07, 6.45) is 1.72. The second kappa shape index (κ2) is 4.89. The van der Waals surface area contributed by atoms with Crippen LogP contribution in [0.3, 0.4) is 0 Å². The van der Waals surface area contributed by atoms with Gasteiger partial charge in [-0.1, -0.05) is 18.2 Å². The maximum absolute atomic E-state index is 12.0. The lowest BCUT2D eigenvalue weighted by Gasteiger charge is -2.11. The number of aromatic nitrogens is 1. The van der Waals surface area contributed by atoms with E-state index >= 15 is 0 Å². The smallest absolute Gasteiger partial charge is 0.268 e. The largest absolute Gasteiger partial charge is 0.310 e. The van der Waals surface area contributed by atoms with E-state index in [1.807, 2.05) is 38.1 Å². The predicted octanol–water partition coefficient (Wildman–Crippen LogP) is 2.39. The molecule has 0 saturated heterocycles. The summed E-state index contributed by atoms with van der Waals surface area (Å²) in [5.74, 6) is 0. The molecule has 0 bridgehead atoms. The van der Waals surface area contributed by atoms with Gasteiger partial charge in [0, 0.05) is 6.20 Å². The Hall–Kier alpha value is -2.34. The van der Waals surface area contributed by atoms with Gasteiger partial charge >= 0.3 is 0 Å². The molecule has 0 saturated carbocycles. The highest BCUT2D eigenvalue weighted by atomic mass is 16.1. The molecule has 90 valence electrons. The lowest BCUT2D eigenvalue weighted by molar-refractivity contribution is 0.748. The van der Waals surface area contributed by atoms with E-state index in [0.29, 0.717) is 6.54 Å². The second-order valence-corrected chi connectivity index (χ2v) is 4.34. The number of hydrogen-bond donors (Lipinski definition) is 0. The third-order valence-corrected chi connectivity index (χ3v) is 3.11. The van der Waals surface area contributed by atoms with E-state index in [9.17, 15) is 4.79 Å². The number of nitriles is 1. The van der Waals surface area contributed by atoms with Crippen LogP contribution in [0.1, 0.15) is 22.3 Å². The minimum Gasteiger partial charge on any atom is -0.310 e. The summed E-state index contributed by atoms with van der Waals surface area (Å²) < 4.78 is 1.58. The first-order valence-corrected chi connectivity index (χ1v) is 5.78. The Labute approximate surface area is 106 Å². The van der Waals surface area contributed by atoms with Crippen LogP contribution in [0.2, 0.25) is 0 Å². The summed E-state index contributed by atoms with van der Waals surface area (Å²) in [4.78, 5) is 12.0. The summed E-state index contributed by atoms with van der Waals surface area (Å²) in [6, 6.07) is 11.3. The molecule has 0 spiro atoms. The van der Waals surface area contributed by atoms with Gasteiger partial charge in [0.1, 0.15) is 11.6 Å². The summed E-state index contributed by atoms with van der Waals surface area (Å²) in [7, 11) is 0. The molecule has 0 amide bonds. The Morgan fingerprint density at radius 3 is 2.44 bits per heavy atom. The van der Waals surface area contributed by atoms with Gasteiger partial charge in [0.05, 0.1) is 6.54 Å². The normalized spacial score (nSPS) is 10.1. The van der Waals surface area contributed by atoms with Crippen LogP contribution >= 0.6 is 0 Å². The van der Waals surface area contributed by atoms with Crippen molar-refractivity contribution < 1.29 is 0 Å². The topological polar surface area (TPSA) is 45.8 Å². The Balaban J connectivity index is 2.48. The second-order valence-electron chi connectivity index (χ2n) is 4.34. The molecule has 1 aromatic carbocycles. The molecule has 1 aromatic heterocycles.